The molecule has 0 saturated heterocycles. The normalized spacial score (nSPS) is 12.4. The van der Waals surface area contributed by atoms with Gasteiger partial charge in [-0.3, -0.25) is 0 Å². The maximum Gasteiger partial charge on any atom is 0.189 e. The van der Waals surface area contributed by atoms with Gasteiger partial charge in [0.1, 0.15) is 11.9 Å². The number of nitrogens with one attached hydrogen (secondary N) is 1. The van der Waals surface area contributed by atoms with E-state index in [2.05, 4.69) is 10.3 Å². The van der Waals surface area contributed by atoms with Gasteiger partial charge in [0.25, 0.3) is 0 Å². The Hall–Kier alpha value is -2.89. The monoisotopic (exact) mass is 357 g/mol. The molecule has 6 heteroatoms. The zero-order chi connectivity index (χ0) is 18.9. The second-order valence-corrected chi connectivity index (χ2v) is 5.97. The van der Waals surface area contributed by atoms with Crippen LogP contribution in [0.25, 0.3) is 0 Å². The highest BCUT2D eigenvalue weighted by Crippen LogP contribution is 2.27. The summed E-state index contributed by atoms with van der Waals surface area (Å²) in [5.41, 5.74) is 8.04. The highest BCUT2D eigenvalue weighted by molar-refractivity contribution is 5.77. The molecule has 140 valence electrons. The van der Waals surface area contributed by atoms with Gasteiger partial charge < -0.3 is 25.3 Å². The zero-order valence-corrected chi connectivity index (χ0v) is 15.8. The Labute approximate surface area is 155 Å². The van der Waals surface area contributed by atoms with Gasteiger partial charge in [0.05, 0.1) is 27.3 Å². The van der Waals surface area contributed by atoms with E-state index < -0.39 is 0 Å². The standard InChI is InChI=1S/C20H27N3O3/c1-14-7-5-6-8-17(14)26-15(2)12-22-20(21)23-13-16-9-10-18(24-3)19(11-16)25-4/h5-11,15H,12-13H2,1-4H3,(H3,21,22,23). The predicted octanol–water partition coefficient (Wildman–Crippen LogP) is 2.88. The number of benzene rings is 2. The van der Waals surface area contributed by atoms with E-state index >= 15 is 0 Å². The van der Waals surface area contributed by atoms with E-state index in [0.29, 0.717) is 30.5 Å². The predicted molar refractivity (Wildman–Crippen MR) is 104 cm³/mol. The summed E-state index contributed by atoms with van der Waals surface area (Å²) in [7, 11) is 3.22. The van der Waals surface area contributed by atoms with E-state index in [-0.39, 0.29) is 6.10 Å². The number of para-hydroxylation sites is 1. The maximum atomic E-state index is 5.95. The van der Waals surface area contributed by atoms with Crippen LogP contribution in [0.1, 0.15) is 18.1 Å². The van der Waals surface area contributed by atoms with E-state index in [0.717, 1.165) is 16.9 Å². The molecule has 26 heavy (non-hydrogen) atoms. The second kappa shape index (κ2) is 9.56. The van der Waals surface area contributed by atoms with Gasteiger partial charge >= 0.3 is 0 Å². The molecule has 0 aliphatic rings. The molecule has 0 saturated carbocycles. The minimum absolute atomic E-state index is 0.0362. The fraction of sp³-hybridized carbons (Fsp3) is 0.350. The first-order chi connectivity index (χ1) is 12.5. The molecule has 1 atom stereocenters. The zero-order valence-electron chi connectivity index (χ0n) is 15.8. The Bertz CT molecular complexity index is 747. The molecule has 0 bridgehead atoms. The van der Waals surface area contributed by atoms with Gasteiger partial charge in [-0.25, -0.2) is 4.99 Å². The Morgan fingerprint density at radius 1 is 1.08 bits per heavy atom. The van der Waals surface area contributed by atoms with Crippen LogP contribution in [0.4, 0.5) is 0 Å². The number of aryl methyl sites for hydroxylation is 1. The van der Waals surface area contributed by atoms with Crippen LogP contribution in [0.2, 0.25) is 0 Å². The van der Waals surface area contributed by atoms with Crippen molar-refractivity contribution in [1.29, 1.82) is 0 Å². The summed E-state index contributed by atoms with van der Waals surface area (Å²) in [5, 5.41) is 3.09. The van der Waals surface area contributed by atoms with E-state index in [1.807, 2.05) is 56.3 Å². The molecule has 0 fully saturated rings. The Kier molecular flexibility index (Phi) is 7.14. The van der Waals surface area contributed by atoms with Crippen LogP contribution in [0.3, 0.4) is 0 Å². The first-order valence-electron chi connectivity index (χ1n) is 8.50. The van der Waals surface area contributed by atoms with Crippen LogP contribution in [-0.4, -0.2) is 32.8 Å². The first kappa shape index (κ1) is 19.4. The molecule has 0 radical (unpaired) electrons. The lowest BCUT2D eigenvalue weighted by atomic mass is 10.2. The summed E-state index contributed by atoms with van der Waals surface area (Å²) >= 11 is 0. The number of nitrogens with two attached hydrogens (primary N) is 1. The molecule has 0 spiro atoms. The molecule has 0 aliphatic carbocycles. The van der Waals surface area contributed by atoms with E-state index in [9.17, 15) is 0 Å². The molecule has 0 heterocycles. The molecular weight excluding hydrogens is 330 g/mol. The van der Waals surface area contributed by atoms with Crippen LogP contribution < -0.4 is 25.3 Å². The molecule has 0 amide bonds. The molecule has 6 nitrogen and oxygen atoms in total. The summed E-state index contributed by atoms with van der Waals surface area (Å²) in [6.07, 6.45) is -0.0362. The number of nitrogens with zero attached hydrogens (tertiary/aromatic N) is 1. The quantitative estimate of drug-likeness (QED) is 0.561. The number of hydrogen-bond acceptors (Lipinski definition) is 4. The highest BCUT2D eigenvalue weighted by atomic mass is 16.5. The van der Waals surface area contributed by atoms with Crippen molar-refractivity contribution in [2.45, 2.75) is 26.5 Å². The van der Waals surface area contributed by atoms with Crippen molar-refractivity contribution in [1.82, 2.24) is 5.32 Å². The lowest BCUT2D eigenvalue weighted by Gasteiger charge is -2.17. The smallest absolute Gasteiger partial charge is 0.189 e. The minimum Gasteiger partial charge on any atom is -0.493 e. The summed E-state index contributed by atoms with van der Waals surface area (Å²) in [4.78, 5) is 4.35. The van der Waals surface area contributed by atoms with Crippen molar-refractivity contribution in [2.24, 2.45) is 10.7 Å². The first-order valence-corrected chi connectivity index (χ1v) is 8.50. The second-order valence-electron chi connectivity index (χ2n) is 5.97. The van der Waals surface area contributed by atoms with Crippen molar-refractivity contribution < 1.29 is 14.2 Å². The molecule has 2 rings (SSSR count). The van der Waals surface area contributed by atoms with Gasteiger partial charge in [-0.2, -0.15) is 0 Å². The maximum absolute atomic E-state index is 5.95. The van der Waals surface area contributed by atoms with Crippen LogP contribution in [0.15, 0.2) is 47.5 Å². The van der Waals surface area contributed by atoms with Gasteiger partial charge in [-0.1, -0.05) is 24.3 Å². The third-order valence-corrected chi connectivity index (χ3v) is 3.87. The Morgan fingerprint density at radius 2 is 1.81 bits per heavy atom. The van der Waals surface area contributed by atoms with Gasteiger partial charge in [0.15, 0.2) is 17.5 Å². The van der Waals surface area contributed by atoms with Crippen molar-refractivity contribution in [3.05, 3.63) is 53.6 Å². The average Bonchev–Trinajstić information content (AvgIpc) is 2.66. The van der Waals surface area contributed by atoms with E-state index in [1.54, 1.807) is 14.2 Å². The molecule has 0 aliphatic heterocycles. The summed E-state index contributed by atoms with van der Waals surface area (Å²) in [6, 6.07) is 13.6. The number of guanidine groups is 1. The third-order valence-electron chi connectivity index (χ3n) is 3.87. The number of hydrogen-bond donors (Lipinski definition) is 2. The van der Waals surface area contributed by atoms with Crippen molar-refractivity contribution in [3.63, 3.8) is 0 Å². The summed E-state index contributed by atoms with van der Waals surface area (Å²) in [5.74, 6) is 2.61. The lowest BCUT2D eigenvalue weighted by molar-refractivity contribution is 0.222. The van der Waals surface area contributed by atoms with Crippen molar-refractivity contribution in [3.8, 4) is 17.2 Å². The largest absolute Gasteiger partial charge is 0.493 e. The van der Waals surface area contributed by atoms with Crippen LogP contribution >= 0.6 is 0 Å². The molecule has 0 aromatic heterocycles. The van der Waals surface area contributed by atoms with Crippen molar-refractivity contribution in [2.75, 3.05) is 20.8 Å². The highest BCUT2D eigenvalue weighted by Gasteiger charge is 2.07. The van der Waals surface area contributed by atoms with Crippen molar-refractivity contribution >= 4 is 5.96 Å². The topological polar surface area (TPSA) is 78.1 Å². The minimum atomic E-state index is -0.0362. The number of aliphatic imine (C=N–C) groups is 1. The number of rotatable bonds is 8. The van der Waals surface area contributed by atoms with Gasteiger partial charge in [-0.15, -0.1) is 0 Å². The number of ether oxygens (including phenoxy) is 3. The fourth-order valence-corrected chi connectivity index (χ4v) is 2.41. The molecular formula is C20H27N3O3. The van der Waals surface area contributed by atoms with E-state index in [1.165, 1.54) is 0 Å². The van der Waals surface area contributed by atoms with Crippen LogP contribution in [-0.2, 0) is 6.54 Å². The van der Waals surface area contributed by atoms with E-state index in [4.69, 9.17) is 19.9 Å². The van der Waals surface area contributed by atoms with Crippen LogP contribution in [0.5, 0.6) is 17.2 Å². The third kappa shape index (κ3) is 5.58. The lowest BCUT2D eigenvalue weighted by Crippen LogP contribution is -2.38. The molecule has 2 aromatic rings. The fourth-order valence-electron chi connectivity index (χ4n) is 2.41. The summed E-state index contributed by atoms with van der Waals surface area (Å²) in [6.45, 7) is 5.03. The molecule has 2 aromatic carbocycles. The van der Waals surface area contributed by atoms with Crippen LogP contribution in [0, 0.1) is 6.92 Å². The Balaban J connectivity index is 1.85. The SMILES string of the molecule is COc1ccc(CN=C(N)NCC(C)Oc2ccccc2C)cc1OC. The molecule has 3 N–H and O–H groups in total. The average molecular weight is 357 g/mol. The van der Waals surface area contributed by atoms with Gasteiger partial charge in [-0.05, 0) is 43.2 Å². The Morgan fingerprint density at radius 3 is 2.50 bits per heavy atom. The molecule has 1 unspecified atom stereocenters. The van der Waals surface area contributed by atoms with Gasteiger partial charge in [0, 0.05) is 0 Å². The summed E-state index contributed by atoms with van der Waals surface area (Å²) < 4.78 is 16.4. The van der Waals surface area contributed by atoms with Gasteiger partial charge in [0.2, 0.25) is 0 Å². The number of methoxy groups -OCH3 is 2.